The Balaban J connectivity index is 2.06. The predicted octanol–water partition coefficient (Wildman–Crippen LogP) is 2.32. The zero-order valence-electron chi connectivity index (χ0n) is 13.0. The molecule has 0 unspecified atom stereocenters. The van der Waals surface area contributed by atoms with Gasteiger partial charge in [0.2, 0.25) is 5.91 Å². The quantitative estimate of drug-likeness (QED) is 0.755. The molecule has 0 aliphatic carbocycles. The largest absolute Gasteiger partial charge is 0.448 e. The van der Waals surface area contributed by atoms with Gasteiger partial charge in [-0.05, 0) is 30.5 Å². The van der Waals surface area contributed by atoms with Crippen LogP contribution in [0.4, 0.5) is 4.79 Å². The standard InChI is InChI=1S/C16H21ClN2O3/c1-12-4-3-5-13(2)14(12)11-19(15(20)10-17)7-6-18-8-9-22-16(18)21/h3-5H,6-11H2,1-2H3. The second-order valence-electron chi connectivity index (χ2n) is 5.42. The van der Waals surface area contributed by atoms with E-state index < -0.39 is 0 Å². The fraction of sp³-hybridized carbons (Fsp3) is 0.500. The van der Waals surface area contributed by atoms with Gasteiger partial charge in [-0.25, -0.2) is 4.79 Å². The fourth-order valence-electron chi connectivity index (χ4n) is 2.54. The van der Waals surface area contributed by atoms with E-state index in [1.54, 1.807) is 9.80 Å². The van der Waals surface area contributed by atoms with E-state index >= 15 is 0 Å². The van der Waals surface area contributed by atoms with E-state index in [9.17, 15) is 9.59 Å². The normalized spacial score (nSPS) is 14.1. The molecule has 0 N–H and O–H groups in total. The van der Waals surface area contributed by atoms with Crippen LogP contribution < -0.4 is 0 Å². The summed E-state index contributed by atoms with van der Waals surface area (Å²) >= 11 is 5.72. The predicted molar refractivity (Wildman–Crippen MR) is 85.0 cm³/mol. The zero-order chi connectivity index (χ0) is 16.1. The number of halogens is 1. The molecule has 6 heteroatoms. The lowest BCUT2D eigenvalue weighted by molar-refractivity contribution is -0.129. The van der Waals surface area contributed by atoms with Crippen molar-refractivity contribution in [2.75, 3.05) is 32.1 Å². The molecular weight excluding hydrogens is 304 g/mol. The Morgan fingerprint density at radius 3 is 2.59 bits per heavy atom. The molecule has 0 radical (unpaired) electrons. The maximum Gasteiger partial charge on any atom is 0.409 e. The molecule has 2 rings (SSSR count). The van der Waals surface area contributed by atoms with Gasteiger partial charge in [0.05, 0.1) is 6.54 Å². The van der Waals surface area contributed by atoms with Crippen molar-refractivity contribution in [2.45, 2.75) is 20.4 Å². The molecule has 1 aromatic carbocycles. The van der Waals surface area contributed by atoms with Gasteiger partial charge in [-0.2, -0.15) is 0 Å². The summed E-state index contributed by atoms with van der Waals surface area (Å²) < 4.78 is 4.90. The third-order valence-electron chi connectivity index (χ3n) is 3.95. The zero-order valence-corrected chi connectivity index (χ0v) is 13.7. The molecule has 22 heavy (non-hydrogen) atoms. The fourth-order valence-corrected chi connectivity index (χ4v) is 2.70. The van der Waals surface area contributed by atoms with Crippen molar-refractivity contribution in [3.8, 4) is 0 Å². The number of alkyl halides is 1. The minimum atomic E-state index is -0.314. The van der Waals surface area contributed by atoms with Crippen molar-refractivity contribution in [3.63, 3.8) is 0 Å². The Morgan fingerprint density at radius 2 is 2.05 bits per heavy atom. The highest BCUT2D eigenvalue weighted by molar-refractivity contribution is 6.27. The maximum absolute atomic E-state index is 12.1. The molecule has 1 saturated heterocycles. The van der Waals surface area contributed by atoms with Gasteiger partial charge in [-0.1, -0.05) is 18.2 Å². The van der Waals surface area contributed by atoms with Crippen LogP contribution in [-0.2, 0) is 16.1 Å². The SMILES string of the molecule is Cc1cccc(C)c1CN(CCN1CCOC1=O)C(=O)CCl. The van der Waals surface area contributed by atoms with Crippen LogP contribution >= 0.6 is 11.6 Å². The highest BCUT2D eigenvalue weighted by Crippen LogP contribution is 2.16. The average molecular weight is 325 g/mol. The van der Waals surface area contributed by atoms with Crippen LogP contribution in [0, 0.1) is 13.8 Å². The Kier molecular flexibility index (Phi) is 5.66. The third kappa shape index (κ3) is 3.91. The first kappa shape index (κ1) is 16.6. The number of carbonyl (C=O) groups is 2. The summed E-state index contributed by atoms with van der Waals surface area (Å²) in [6, 6.07) is 6.06. The number of hydrogen-bond donors (Lipinski definition) is 0. The molecule has 1 aliphatic rings. The summed E-state index contributed by atoms with van der Waals surface area (Å²) in [6.45, 7) is 6.48. The Labute approximate surface area is 135 Å². The van der Waals surface area contributed by atoms with Crippen LogP contribution in [0.5, 0.6) is 0 Å². The van der Waals surface area contributed by atoms with E-state index in [2.05, 4.69) is 0 Å². The summed E-state index contributed by atoms with van der Waals surface area (Å²) in [7, 11) is 0. The number of amides is 2. The molecule has 0 aromatic heterocycles. The number of nitrogens with zero attached hydrogens (tertiary/aromatic N) is 2. The van der Waals surface area contributed by atoms with E-state index in [1.165, 1.54) is 0 Å². The minimum absolute atomic E-state index is 0.0601. The maximum atomic E-state index is 12.1. The molecule has 1 aliphatic heterocycles. The highest BCUT2D eigenvalue weighted by atomic mass is 35.5. The van der Waals surface area contributed by atoms with Crippen LogP contribution in [-0.4, -0.2) is 53.9 Å². The summed E-state index contributed by atoms with van der Waals surface area (Å²) in [6.07, 6.45) is -0.314. The summed E-state index contributed by atoms with van der Waals surface area (Å²) in [5.74, 6) is -0.188. The molecular formula is C16H21ClN2O3. The lowest BCUT2D eigenvalue weighted by Crippen LogP contribution is -2.39. The van der Waals surface area contributed by atoms with Gasteiger partial charge in [0.15, 0.2) is 0 Å². The van der Waals surface area contributed by atoms with Gasteiger partial charge < -0.3 is 14.5 Å². The van der Waals surface area contributed by atoms with Crippen molar-refractivity contribution in [1.29, 1.82) is 0 Å². The first-order chi connectivity index (χ1) is 10.5. The number of benzene rings is 1. The minimum Gasteiger partial charge on any atom is -0.448 e. The molecule has 0 saturated carbocycles. The molecule has 0 bridgehead atoms. The van der Waals surface area contributed by atoms with Gasteiger partial charge in [0.1, 0.15) is 12.5 Å². The number of ether oxygens (including phenoxy) is 1. The Morgan fingerprint density at radius 1 is 1.36 bits per heavy atom. The van der Waals surface area contributed by atoms with Crippen LogP contribution in [0.1, 0.15) is 16.7 Å². The number of cyclic esters (lactones) is 1. The van der Waals surface area contributed by atoms with E-state index in [0.29, 0.717) is 32.8 Å². The van der Waals surface area contributed by atoms with Crippen molar-refractivity contribution >= 4 is 23.6 Å². The Bertz CT molecular complexity index is 542. The van der Waals surface area contributed by atoms with E-state index in [1.807, 2.05) is 32.0 Å². The van der Waals surface area contributed by atoms with Crippen molar-refractivity contribution in [3.05, 3.63) is 34.9 Å². The number of rotatable bonds is 6. The van der Waals surface area contributed by atoms with E-state index in [4.69, 9.17) is 16.3 Å². The van der Waals surface area contributed by atoms with Gasteiger partial charge in [0.25, 0.3) is 0 Å². The number of carbonyl (C=O) groups excluding carboxylic acids is 2. The van der Waals surface area contributed by atoms with Crippen molar-refractivity contribution in [2.24, 2.45) is 0 Å². The monoisotopic (exact) mass is 324 g/mol. The van der Waals surface area contributed by atoms with E-state index in [-0.39, 0.29) is 17.9 Å². The highest BCUT2D eigenvalue weighted by Gasteiger charge is 2.23. The van der Waals surface area contributed by atoms with Gasteiger partial charge in [-0.15, -0.1) is 11.6 Å². The first-order valence-corrected chi connectivity index (χ1v) is 7.87. The topological polar surface area (TPSA) is 49.9 Å². The second-order valence-corrected chi connectivity index (χ2v) is 5.69. The summed E-state index contributed by atoms with van der Waals surface area (Å²) in [5, 5.41) is 0. The van der Waals surface area contributed by atoms with Crippen LogP contribution in [0.2, 0.25) is 0 Å². The van der Waals surface area contributed by atoms with E-state index in [0.717, 1.165) is 16.7 Å². The molecule has 1 fully saturated rings. The third-order valence-corrected chi connectivity index (χ3v) is 4.17. The van der Waals surface area contributed by atoms with Gasteiger partial charge >= 0.3 is 6.09 Å². The molecule has 120 valence electrons. The van der Waals surface area contributed by atoms with Gasteiger partial charge in [-0.3, -0.25) is 4.79 Å². The number of hydrogen-bond acceptors (Lipinski definition) is 3. The molecule has 0 spiro atoms. The molecule has 5 nitrogen and oxygen atoms in total. The van der Waals surface area contributed by atoms with Crippen molar-refractivity contribution < 1.29 is 14.3 Å². The molecule has 1 aromatic rings. The Hall–Kier alpha value is -1.75. The summed E-state index contributed by atoms with van der Waals surface area (Å²) in [5.41, 5.74) is 3.42. The first-order valence-electron chi connectivity index (χ1n) is 7.33. The molecule has 2 amide bonds. The second kappa shape index (κ2) is 7.49. The van der Waals surface area contributed by atoms with Crippen LogP contribution in [0.3, 0.4) is 0 Å². The van der Waals surface area contributed by atoms with Crippen molar-refractivity contribution in [1.82, 2.24) is 9.80 Å². The lowest BCUT2D eigenvalue weighted by Gasteiger charge is -2.25. The van der Waals surface area contributed by atoms with Gasteiger partial charge in [0, 0.05) is 19.6 Å². The molecule has 0 atom stereocenters. The summed E-state index contributed by atoms with van der Waals surface area (Å²) in [4.78, 5) is 26.9. The molecule has 1 heterocycles. The lowest BCUT2D eigenvalue weighted by atomic mass is 10.0. The van der Waals surface area contributed by atoms with Crippen LogP contribution in [0.15, 0.2) is 18.2 Å². The van der Waals surface area contributed by atoms with Crippen LogP contribution in [0.25, 0.3) is 0 Å². The average Bonchev–Trinajstić information content (AvgIpc) is 2.90. The number of aryl methyl sites for hydroxylation is 2. The smallest absolute Gasteiger partial charge is 0.409 e.